The third-order valence-corrected chi connectivity index (χ3v) is 3.51. The topological polar surface area (TPSA) is 26.3 Å². The van der Waals surface area contributed by atoms with Crippen molar-refractivity contribution in [2.45, 2.75) is 6.92 Å². The molecule has 0 aliphatic heterocycles. The first-order valence-corrected chi connectivity index (χ1v) is 6.36. The van der Waals surface area contributed by atoms with Gasteiger partial charge in [-0.1, -0.05) is 40.2 Å². The highest BCUT2D eigenvalue weighted by Crippen LogP contribution is 2.31. The van der Waals surface area contributed by atoms with E-state index in [9.17, 15) is 4.79 Å². The van der Waals surface area contributed by atoms with Gasteiger partial charge in [-0.25, -0.2) is 4.79 Å². The van der Waals surface area contributed by atoms with Gasteiger partial charge in [-0.15, -0.1) is 0 Å². The third-order valence-electron chi connectivity index (χ3n) is 2.82. The maximum absolute atomic E-state index is 11.6. The molecule has 0 aromatic heterocycles. The first kappa shape index (κ1) is 12.8. The number of rotatable bonds is 2. The zero-order chi connectivity index (χ0) is 13.1. The van der Waals surface area contributed by atoms with E-state index in [0.29, 0.717) is 5.56 Å². The predicted molar refractivity (Wildman–Crippen MR) is 75.7 cm³/mol. The van der Waals surface area contributed by atoms with Crippen LogP contribution in [0.1, 0.15) is 15.9 Å². The van der Waals surface area contributed by atoms with Crippen LogP contribution in [-0.4, -0.2) is 13.1 Å². The van der Waals surface area contributed by atoms with Gasteiger partial charge in [0.1, 0.15) is 0 Å². The zero-order valence-corrected chi connectivity index (χ0v) is 11.8. The lowest BCUT2D eigenvalue weighted by atomic mass is 9.98. The summed E-state index contributed by atoms with van der Waals surface area (Å²) < 4.78 is 5.76. The molecule has 0 amide bonds. The quantitative estimate of drug-likeness (QED) is 0.777. The summed E-state index contributed by atoms with van der Waals surface area (Å²) in [7, 11) is 1.39. The van der Waals surface area contributed by atoms with E-state index >= 15 is 0 Å². The molecule has 0 radical (unpaired) electrons. The molecule has 0 saturated carbocycles. The van der Waals surface area contributed by atoms with Crippen LogP contribution in [0, 0.1) is 6.92 Å². The monoisotopic (exact) mass is 304 g/mol. The van der Waals surface area contributed by atoms with E-state index in [1.165, 1.54) is 7.11 Å². The van der Waals surface area contributed by atoms with Crippen molar-refractivity contribution in [3.63, 3.8) is 0 Å². The Kier molecular flexibility index (Phi) is 3.82. The largest absolute Gasteiger partial charge is 0.465 e. The number of halogens is 1. The summed E-state index contributed by atoms with van der Waals surface area (Å²) in [5.74, 6) is -0.316. The van der Waals surface area contributed by atoms with Crippen LogP contribution in [0.15, 0.2) is 46.9 Å². The van der Waals surface area contributed by atoms with Gasteiger partial charge >= 0.3 is 5.97 Å². The number of ether oxygens (including phenoxy) is 1. The summed E-state index contributed by atoms with van der Waals surface area (Å²) >= 11 is 3.53. The first-order chi connectivity index (χ1) is 8.63. The van der Waals surface area contributed by atoms with Gasteiger partial charge in [-0.3, -0.25) is 0 Å². The highest BCUT2D eigenvalue weighted by atomic mass is 79.9. The van der Waals surface area contributed by atoms with Crippen LogP contribution in [0.5, 0.6) is 0 Å². The van der Waals surface area contributed by atoms with Gasteiger partial charge in [-0.2, -0.15) is 0 Å². The van der Waals surface area contributed by atoms with Gasteiger partial charge in [0.05, 0.1) is 12.7 Å². The van der Waals surface area contributed by atoms with Crippen molar-refractivity contribution < 1.29 is 9.53 Å². The van der Waals surface area contributed by atoms with Crippen molar-refractivity contribution in [1.82, 2.24) is 0 Å². The van der Waals surface area contributed by atoms with Crippen molar-refractivity contribution in [3.05, 3.63) is 58.1 Å². The minimum Gasteiger partial charge on any atom is -0.465 e. The second-order valence-corrected chi connectivity index (χ2v) is 4.86. The Morgan fingerprint density at radius 1 is 1.11 bits per heavy atom. The van der Waals surface area contributed by atoms with Crippen LogP contribution < -0.4 is 0 Å². The fourth-order valence-corrected chi connectivity index (χ4v) is 2.33. The Morgan fingerprint density at radius 2 is 1.83 bits per heavy atom. The highest BCUT2D eigenvalue weighted by molar-refractivity contribution is 9.10. The third kappa shape index (κ3) is 2.46. The normalized spacial score (nSPS) is 10.2. The lowest BCUT2D eigenvalue weighted by molar-refractivity contribution is 0.0601. The van der Waals surface area contributed by atoms with Crippen molar-refractivity contribution in [3.8, 4) is 11.1 Å². The molecule has 2 aromatic carbocycles. The molecule has 2 aromatic rings. The Bertz CT molecular complexity index is 591. The zero-order valence-electron chi connectivity index (χ0n) is 10.2. The molecule has 18 heavy (non-hydrogen) atoms. The average molecular weight is 305 g/mol. The van der Waals surface area contributed by atoms with Gasteiger partial charge in [0.2, 0.25) is 0 Å². The van der Waals surface area contributed by atoms with Gasteiger partial charge in [0.25, 0.3) is 0 Å². The molecular weight excluding hydrogens is 292 g/mol. The summed E-state index contributed by atoms with van der Waals surface area (Å²) in [6.45, 7) is 2.02. The molecule has 2 rings (SSSR count). The molecule has 0 heterocycles. The highest BCUT2D eigenvalue weighted by Gasteiger charge is 2.10. The predicted octanol–water partition coefficient (Wildman–Crippen LogP) is 4.21. The van der Waals surface area contributed by atoms with E-state index in [1.807, 2.05) is 43.3 Å². The molecule has 2 nitrogen and oxygen atoms in total. The summed E-state index contributed by atoms with van der Waals surface area (Å²) in [6.07, 6.45) is 0. The van der Waals surface area contributed by atoms with Gasteiger partial charge < -0.3 is 4.74 Å². The van der Waals surface area contributed by atoms with E-state index in [-0.39, 0.29) is 5.97 Å². The standard InChI is InChI=1S/C15H13BrO2/c1-10-7-8-11(15(17)18-2)9-13(10)12-5-3-4-6-14(12)16/h3-9H,1-2H3. The number of benzene rings is 2. The molecule has 92 valence electrons. The minimum absolute atomic E-state index is 0.316. The molecule has 0 saturated heterocycles. The molecule has 0 aliphatic carbocycles. The van der Waals surface area contributed by atoms with E-state index in [1.54, 1.807) is 6.07 Å². The minimum atomic E-state index is -0.316. The molecule has 3 heteroatoms. The van der Waals surface area contributed by atoms with Crippen molar-refractivity contribution >= 4 is 21.9 Å². The maximum Gasteiger partial charge on any atom is 0.337 e. The van der Waals surface area contributed by atoms with Crippen LogP contribution in [0.4, 0.5) is 0 Å². The number of carbonyl (C=O) groups excluding carboxylic acids is 1. The molecule has 0 atom stereocenters. The maximum atomic E-state index is 11.6. The number of esters is 1. The van der Waals surface area contributed by atoms with Crippen molar-refractivity contribution in [2.24, 2.45) is 0 Å². The number of methoxy groups -OCH3 is 1. The summed E-state index contributed by atoms with van der Waals surface area (Å²) in [6, 6.07) is 13.5. The Hall–Kier alpha value is -1.61. The van der Waals surface area contributed by atoms with E-state index < -0.39 is 0 Å². The smallest absolute Gasteiger partial charge is 0.337 e. The fraction of sp³-hybridized carbons (Fsp3) is 0.133. The second kappa shape index (κ2) is 5.36. The van der Waals surface area contributed by atoms with E-state index in [2.05, 4.69) is 15.9 Å². The number of hydrogen-bond acceptors (Lipinski definition) is 2. The molecule has 0 unspecified atom stereocenters. The molecule has 0 fully saturated rings. The second-order valence-electron chi connectivity index (χ2n) is 4.00. The summed E-state index contributed by atoms with van der Waals surface area (Å²) in [5.41, 5.74) is 3.79. The van der Waals surface area contributed by atoms with Crippen molar-refractivity contribution in [2.75, 3.05) is 7.11 Å². The van der Waals surface area contributed by atoms with Gasteiger partial charge in [0, 0.05) is 4.47 Å². The van der Waals surface area contributed by atoms with Gasteiger partial charge in [-0.05, 0) is 41.8 Å². The van der Waals surface area contributed by atoms with Gasteiger partial charge in [0.15, 0.2) is 0 Å². The number of aryl methyl sites for hydroxylation is 1. The SMILES string of the molecule is COC(=O)c1ccc(C)c(-c2ccccc2Br)c1. The Morgan fingerprint density at radius 3 is 2.50 bits per heavy atom. The van der Waals surface area contributed by atoms with Crippen LogP contribution in [-0.2, 0) is 4.74 Å². The average Bonchev–Trinajstić information content (AvgIpc) is 2.39. The number of carbonyl (C=O) groups is 1. The molecule has 0 bridgehead atoms. The lowest BCUT2D eigenvalue weighted by Crippen LogP contribution is -2.01. The first-order valence-electron chi connectivity index (χ1n) is 5.57. The lowest BCUT2D eigenvalue weighted by Gasteiger charge is -2.10. The van der Waals surface area contributed by atoms with Crippen molar-refractivity contribution in [1.29, 1.82) is 0 Å². The van der Waals surface area contributed by atoms with Crippen LogP contribution in [0.25, 0.3) is 11.1 Å². The van der Waals surface area contributed by atoms with Crippen LogP contribution >= 0.6 is 15.9 Å². The Labute approximate surface area is 115 Å². The molecule has 0 N–H and O–H groups in total. The fourth-order valence-electron chi connectivity index (χ4n) is 1.84. The van der Waals surface area contributed by atoms with E-state index in [4.69, 9.17) is 4.74 Å². The number of hydrogen-bond donors (Lipinski definition) is 0. The van der Waals surface area contributed by atoms with Crippen LogP contribution in [0.3, 0.4) is 0 Å². The summed E-state index contributed by atoms with van der Waals surface area (Å²) in [5, 5.41) is 0. The summed E-state index contributed by atoms with van der Waals surface area (Å²) in [4.78, 5) is 11.6. The molecule has 0 aliphatic rings. The molecular formula is C15H13BrO2. The molecule has 0 spiro atoms. The van der Waals surface area contributed by atoms with Crippen LogP contribution in [0.2, 0.25) is 0 Å². The van der Waals surface area contributed by atoms with E-state index in [0.717, 1.165) is 21.2 Å². The Balaban J connectivity index is 2.57.